The lowest BCUT2D eigenvalue weighted by Gasteiger charge is -2.35. The molecule has 0 aliphatic carbocycles. The van der Waals surface area contributed by atoms with Crippen molar-refractivity contribution in [3.05, 3.63) is 83.9 Å². The Morgan fingerprint density at radius 2 is 1.69 bits per heavy atom. The number of benzene rings is 3. The number of ether oxygens (including phenoxy) is 1. The summed E-state index contributed by atoms with van der Waals surface area (Å²) in [6.45, 7) is 9.09. The van der Waals surface area contributed by atoms with Crippen molar-refractivity contribution in [2.24, 2.45) is 5.92 Å². The molecule has 0 spiro atoms. The lowest BCUT2D eigenvalue weighted by atomic mass is 9.88. The summed E-state index contributed by atoms with van der Waals surface area (Å²) in [7, 11) is 0. The van der Waals surface area contributed by atoms with Crippen molar-refractivity contribution in [1.82, 2.24) is 15.3 Å². The van der Waals surface area contributed by atoms with Gasteiger partial charge in [-0.3, -0.25) is 5.43 Å². The number of hydrazine groups is 1. The largest absolute Gasteiger partial charge is 0.464 e. The third-order valence-corrected chi connectivity index (χ3v) is 6.72. The van der Waals surface area contributed by atoms with Crippen molar-refractivity contribution in [2.75, 3.05) is 19.6 Å². The molecule has 1 aliphatic rings. The van der Waals surface area contributed by atoms with Crippen LogP contribution in [0.2, 0.25) is 0 Å². The molecule has 1 saturated heterocycles. The van der Waals surface area contributed by atoms with Crippen LogP contribution < -0.4 is 5.43 Å². The second kappa shape index (κ2) is 10.6. The highest BCUT2D eigenvalue weighted by atomic mass is 16.6. The first kappa shape index (κ1) is 25.5. The van der Waals surface area contributed by atoms with E-state index in [0.717, 1.165) is 21.9 Å². The highest BCUT2D eigenvalue weighted by Gasteiger charge is 2.39. The van der Waals surface area contributed by atoms with E-state index < -0.39 is 11.7 Å². The molecular formula is C29H35N3O4. The van der Waals surface area contributed by atoms with Gasteiger partial charge in [-0.05, 0) is 55.5 Å². The van der Waals surface area contributed by atoms with E-state index in [9.17, 15) is 14.7 Å². The average Bonchev–Trinajstić information content (AvgIpc) is 3.22. The molecule has 0 bridgehead atoms. The number of carboxylic acid groups (broad SMARTS) is 1. The van der Waals surface area contributed by atoms with Crippen molar-refractivity contribution in [2.45, 2.75) is 45.3 Å². The first-order valence-corrected chi connectivity index (χ1v) is 12.4. The molecule has 3 aromatic rings. The van der Waals surface area contributed by atoms with Crippen molar-refractivity contribution in [1.29, 1.82) is 0 Å². The van der Waals surface area contributed by atoms with E-state index in [1.54, 1.807) is 9.91 Å². The van der Waals surface area contributed by atoms with E-state index in [2.05, 4.69) is 41.8 Å². The Morgan fingerprint density at radius 3 is 2.39 bits per heavy atom. The number of rotatable bonds is 6. The Balaban J connectivity index is 1.69. The van der Waals surface area contributed by atoms with E-state index in [1.165, 1.54) is 0 Å². The summed E-state index contributed by atoms with van der Waals surface area (Å²) < 4.78 is 5.86. The van der Waals surface area contributed by atoms with Crippen molar-refractivity contribution < 1.29 is 19.4 Å². The number of fused-ring (bicyclic) bond motifs is 1. The van der Waals surface area contributed by atoms with Crippen LogP contribution in [0.1, 0.15) is 50.8 Å². The fourth-order valence-electron chi connectivity index (χ4n) is 5.11. The number of hydrogen-bond acceptors (Lipinski definition) is 4. The predicted molar refractivity (Wildman–Crippen MR) is 141 cm³/mol. The van der Waals surface area contributed by atoms with Gasteiger partial charge in [0.1, 0.15) is 5.60 Å². The number of amides is 2. The van der Waals surface area contributed by atoms with Crippen LogP contribution in [-0.2, 0) is 4.74 Å². The average molecular weight is 490 g/mol. The van der Waals surface area contributed by atoms with Crippen LogP contribution in [0.5, 0.6) is 0 Å². The van der Waals surface area contributed by atoms with Crippen LogP contribution >= 0.6 is 0 Å². The van der Waals surface area contributed by atoms with Gasteiger partial charge in [0.2, 0.25) is 0 Å². The molecule has 190 valence electrons. The fraction of sp³-hybridized carbons (Fsp3) is 0.379. The molecule has 7 nitrogen and oxygen atoms in total. The number of hydrogen-bond donors (Lipinski definition) is 2. The summed E-state index contributed by atoms with van der Waals surface area (Å²) in [4.78, 5) is 26.8. The topological polar surface area (TPSA) is 82.1 Å². The Kier molecular flexibility index (Phi) is 7.50. The molecular weight excluding hydrogens is 454 g/mol. The molecule has 3 aromatic carbocycles. The summed E-state index contributed by atoms with van der Waals surface area (Å²) in [5, 5.41) is 13.3. The minimum absolute atomic E-state index is 0.00388. The molecule has 0 unspecified atom stereocenters. The number of nitrogens with zero attached hydrogens (tertiary/aromatic N) is 2. The number of nitrogens with one attached hydrogen (secondary N) is 1. The van der Waals surface area contributed by atoms with Crippen LogP contribution in [0.3, 0.4) is 0 Å². The molecule has 1 aliphatic heterocycles. The maximum atomic E-state index is 13.6. The summed E-state index contributed by atoms with van der Waals surface area (Å²) in [5.41, 5.74) is 4.05. The standard InChI is InChI=1S/C29H35N3O4/c1-20(24-16-10-14-21-13-8-9-15-25(21)24)32(28(35)36-29(2,3)4)18-23-17-31(30-27(33)34)19-26(23)22-11-6-5-7-12-22/h5-16,20,23,26,30H,17-19H2,1-4H3,(H,33,34)/t20-,23+,26-/m1/s1. The zero-order valence-electron chi connectivity index (χ0n) is 21.3. The summed E-state index contributed by atoms with van der Waals surface area (Å²) in [5.74, 6) is 0.0619. The monoisotopic (exact) mass is 489 g/mol. The highest BCUT2D eigenvalue weighted by molar-refractivity contribution is 5.86. The summed E-state index contributed by atoms with van der Waals surface area (Å²) in [6.07, 6.45) is -1.46. The third-order valence-electron chi connectivity index (χ3n) is 6.72. The van der Waals surface area contributed by atoms with Gasteiger partial charge in [-0.15, -0.1) is 0 Å². The quantitative estimate of drug-likeness (QED) is 0.441. The maximum Gasteiger partial charge on any atom is 0.419 e. The van der Waals surface area contributed by atoms with Crippen LogP contribution in [0.4, 0.5) is 9.59 Å². The number of carbonyl (C=O) groups excluding carboxylic acids is 1. The predicted octanol–water partition coefficient (Wildman–Crippen LogP) is 6.04. The Morgan fingerprint density at radius 1 is 1.03 bits per heavy atom. The normalized spacial score (nSPS) is 19.1. The van der Waals surface area contributed by atoms with Crippen LogP contribution in [0, 0.1) is 5.92 Å². The van der Waals surface area contributed by atoms with Gasteiger partial charge in [0.05, 0.1) is 6.04 Å². The van der Waals surface area contributed by atoms with Crippen molar-refractivity contribution in [3.63, 3.8) is 0 Å². The van der Waals surface area contributed by atoms with Gasteiger partial charge in [0.15, 0.2) is 0 Å². The molecule has 7 heteroatoms. The van der Waals surface area contributed by atoms with Gasteiger partial charge in [-0.1, -0.05) is 72.8 Å². The Bertz CT molecular complexity index is 1200. The van der Waals surface area contributed by atoms with E-state index in [0.29, 0.717) is 19.6 Å². The molecule has 4 rings (SSSR count). The van der Waals surface area contributed by atoms with Crippen LogP contribution in [0.15, 0.2) is 72.8 Å². The molecule has 2 amide bonds. The smallest absolute Gasteiger partial charge is 0.419 e. The zero-order chi connectivity index (χ0) is 25.9. The van der Waals surface area contributed by atoms with Gasteiger partial charge in [-0.25, -0.2) is 14.6 Å². The maximum absolute atomic E-state index is 13.6. The fourth-order valence-corrected chi connectivity index (χ4v) is 5.11. The summed E-state index contributed by atoms with van der Waals surface area (Å²) in [6, 6.07) is 24.1. The second-order valence-electron chi connectivity index (χ2n) is 10.5. The molecule has 2 N–H and O–H groups in total. The molecule has 0 radical (unpaired) electrons. The Labute approximate surface area is 212 Å². The van der Waals surface area contributed by atoms with Gasteiger partial charge in [0, 0.05) is 25.6 Å². The minimum Gasteiger partial charge on any atom is -0.464 e. The first-order chi connectivity index (χ1) is 17.1. The molecule has 0 aromatic heterocycles. The third kappa shape index (κ3) is 5.97. The van der Waals surface area contributed by atoms with Crippen LogP contribution in [0.25, 0.3) is 10.8 Å². The minimum atomic E-state index is -1.09. The van der Waals surface area contributed by atoms with Gasteiger partial charge in [0.25, 0.3) is 0 Å². The lowest BCUT2D eigenvalue weighted by molar-refractivity contribution is 0.0134. The van der Waals surface area contributed by atoms with E-state index in [1.807, 2.05) is 64.1 Å². The van der Waals surface area contributed by atoms with E-state index in [-0.39, 0.29) is 24.0 Å². The highest BCUT2D eigenvalue weighted by Crippen LogP contribution is 2.36. The second-order valence-corrected chi connectivity index (χ2v) is 10.5. The van der Waals surface area contributed by atoms with Gasteiger partial charge >= 0.3 is 12.2 Å². The van der Waals surface area contributed by atoms with Gasteiger partial charge < -0.3 is 14.7 Å². The molecule has 1 heterocycles. The molecule has 1 fully saturated rings. The number of carbonyl (C=O) groups is 2. The SMILES string of the molecule is C[C@H](c1cccc2ccccc12)N(C[C@@H]1CN(NC(=O)O)C[C@@H]1c1ccccc1)C(=O)OC(C)(C)C. The van der Waals surface area contributed by atoms with Gasteiger partial charge in [-0.2, -0.15) is 0 Å². The van der Waals surface area contributed by atoms with Crippen molar-refractivity contribution in [3.8, 4) is 0 Å². The molecule has 36 heavy (non-hydrogen) atoms. The molecule has 0 saturated carbocycles. The zero-order valence-corrected chi connectivity index (χ0v) is 21.3. The lowest BCUT2D eigenvalue weighted by Crippen LogP contribution is -2.43. The Hall–Kier alpha value is -3.58. The van der Waals surface area contributed by atoms with Crippen molar-refractivity contribution >= 4 is 23.0 Å². The first-order valence-electron chi connectivity index (χ1n) is 12.4. The molecule has 3 atom stereocenters. The summed E-state index contributed by atoms with van der Waals surface area (Å²) >= 11 is 0. The van der Waals surface area contributed by atoms with E-state index >= 15 is 0 Å². The van der Waals surface area contributed by atoms with Crippen LogP contribution in [-0.4, -0.2) is 52.4 Å². The van der Waals surface area contributed by atoms with E-state index in [4.69, 9.17) is 4.74 Å².